The van der Waals surface area contributed by atoms with Gasteiger partial charge in [0.05, 0.1) is 13.0 Å². The summed E-state index contributed by atoms with van der Waals surface area (Å²) in [5.74, 6) is 0.421. The highest BCUT2D eigenvalue weighted by Crippen LogP contribution is 2.19. The first kappa shape index (κ1) is 13.5. The molecule has 0 rings (SSSR count). The summed E-state index contributed by atoms with van der Waals surface area (Å²) in [5.41, 5.74) is 0.0328. The van der Waals surface area contributed by atoms with Crippen LogP contribution in [0.25, 0.3) is 0 Å². The standard InChI is InChI=1S/C12H24O2/c1-6-7-10(2)9-14-11(13)8-12(3,4)5/h10H,6-9H2,1-5H3. The molecule has 0 aromatic carbocycles. The van der Waals surface area contributed by atoms with Gasteiger partial charge in [-0.2, -0.15) is 0 Å². The molecule has 0 aliphatic carbocycles. The Kier molecular flexibility index (Phi) is 5.82. The molecule has 14 heavy (non-hydrogen) atoms. The molecule has 0 amide bonds. The molecule has 0 saturated carbocycles. The van der Waals surface area contributed by atoms with E-state index in [1.807, 2.05) is 20.8 Å². The van der Waals surface area contributed by atoms with E-state index in [-0.39, 0.29) is 11.4 Å². The van der Waals surface area contributed by atoms with Crippen LogP contribution in [0.3, 0.4) is 0 Å². The number of carbonyl (C=O) groups is 1. The molecule has 1 atom stereocenters. The topological polar surface area (TPSA) is 26.3 Å². The van der Waals surface area contributed by atoms with Crippen LogP contribution in [0.2, 0.25) is 0 Å². The maximum Gasteiger partial charge on any atom is 0.306 e. The van der Waals surface area contributed by atoms with Crippen molar-refractivity contribution in [2.45, 2.75) is 53.9 Å². The zero-order valence-corrected chi connectivity index (χ0v) is 10.2. The van der Waals surface area contributed by atoms with Crippen molar-refractivity contribution in [2.75, 3.05) is 6.61 Å². The maximum absolute atomic E-state index is 11.3. The molecule has 0 aromatic rings. The lowest BCUT2D eigenvalue weighted by atomic mass is 9.92. The van der Waals surface area contributed by atoms with E-state index in [1.54, 1.807) is 0 Å². The Hall–Kier alpha value is -0.530. The lowest BCUT2D eigenvalue weighted by Gasteiger charge is -2.17. The highest BCUT2D eigenvalue weighted by atomic mass is 16.5. The zero-order valence-electron chi connectivity index (χ0n) is 10.2. The molecule has 1 unspecified atom stereocenters. The van der Waals surface area contributed by atoms with Crippen LogP contribution in [-0.4, -0.2) is 12.6 Å². The number of hydrogen-bond acceptors (Lipinski definition) is 2. The van der Waals surface area contributed by atoms with Gasteiger partial charge in [-0.25, -0.2) is 0 Å². The lowest BCUT2D eigenvalue weighted by molar-refractivity contribution is -0.147. The van der Waals surface area contributed by atoms with Gasteiger partial charge in [-0.15, -0.1) is 0 Å². The van der Waals surface area contributed by atoms with Crippen LogP contribution < -0.4 is 0 Å². The van der Waals surface area contributed by atoms with E-state index in [9.17, 15) is 4.79 Å². The minimum absolute atomic E-state index is 0.0328. The van der Waals surface area contributed by atoms with Crippen molar-refractivity contribution in [3.8, 4) is 0 Å². The number of carbonyl (C=O) groups excluding carboxylic acids is 1. The summed E-state index contributed by atoms with van der Waals surface area (Å²) in [7, 11) is 0. The van der Waals surface area contributed by atoms with Crippen molar-refractivity contribution in [3.05, 3.63) is 0 Å². The largest absolute Gasteiger partial charge is 0.465 e. The van der Waals surface area contributed by atoms with Gasteiger partial charge >= 0.3 is 5.97 Å². The van der Waals surface area contributed by atoms with Crippen molar-refractivity contribution in [1.29, 1.82) is 0 Å². The molecular weight excluding hydrogens is 176 g/mol. The Morgan fingerprint density at radius 2 is 1.93 bits per heavy atom. The van der Waals surface area contributed by atoms with Crippen LogP contribution in [0.5, 0.6) is 0 Å². The summed E-state index contributed by atoms with van der Waals surface area (Å²) in [6.07, 6.45) is 2.78. The van der Waals surface area contributed by atoms with Crippen molar-refractivity contribution in [1.82, 2.24) is 0 Å². The molecule has 0 radical (unpaired) electrons. The first-order valence-corrected chi connectivity index (χ1v) is 5.50. The van der Waals surface area contributed by atoms with E-state index in [0.29, 0.717) is 18.9 Å². The predicted molar refractivity (Wildman–Crippen MR) is 59.1 cm³/mol. The summed E-state index contributed by atoms with van der Waals surface area (Å²) in [6, 6.07) is 0. The summed E-state index contributed by atoms with van der Waals surface area (Å²) < 4.78 is 5.19. The van der Waals surface area contributed by atoms with E-state index in [2.05, 4.69) is 13.8 Å². The number of rotatable bonds is 5. The van der Waals surface area contributed by atoms with Gasteiger partial charge in [0.2, 0.25) is 0 Å². The van der Waals surface area contributed by atoms with E-state index in [0.717, 1.165) is 12.8 Å². The fraction of sp³-hybridized carbons (Fsp3) is 0.917. The van der Waals surface area contributed by atoms with Gasteiger partial charge in [-0.3, -0.25) is 4.79 Å². The van der Waals surface area contributed by atoms with Crippen LogP contribution in [0.15, 0.2) is 0 Å². The Labute approximate surface area is 88.0 Å². The van der Waals surface area contributed by atoms with Gasteiger partial charge in [0.25, 0.3) is 0 Å². The smallest absolute Gasteiger partial charge is 0.306 e. The average molecular weight is 200 g/mol. The number of ether oxygens (including phenoxy) is 1. The van der Waals surface area contributed by atoms with Gasteiger partial charge in [0, 0.05) is 0 Å². The summed E-state index contributed by atoms with van der Waals surface area (Å²) >= 11 is 0. The molecule has 0 aliphatic heterocycles. The highest BCUT2D eigenvalue weighted by Gasteiger charge is 2.17. The molecule has 0 aliphatic rings. The molecule has 0 spiro atoms. The van der Waals surface area contributed by atoms with Crippen LogP contribution in [0.1, 0.15) is 53.9 Å². The maximum atomic E-state index is 11.3. The molecule has 2 heteroatoms. The van der Waals surface area contributed by atoms with E-state index in [1.165, 1.54) is 0 Å². The van der Waals surface area contributed by atoms with Crippen molar-refractivity contribution >= 4 is 5.97 Å². The summed E-state index contributed by atoms with van der Waals surface area (Å²) in [5, 5.41) is 0. The first-order valence-electron chi connectivity index (χ1n) is 5.50. The van der Waals surface area contributed by atoms with Gasteiger partial charge in [0.15, 0.2) is 0 Å². The van der Waals surface area contributed by atoms with E-state index < -0.39 is 0 Å². The second-order valence-electron chi connectivity index (χ2n) is 5.31. The van der Waals surface area contributed by atoms with Gasteiger partial charge in [-0.05, 0) is 17.8 Å². The first-order chi connectivity index (χ1) is 6.35. The minimum atomic E-state index is -0.0690. The molecule has 0 heterocycles. The minimum Gasteiger partial charge on any atom is -0.465 e. The van der Waals surface area contributed by atoms with Gasteiger partial charge in [0.1, 0.15) is 0 Å². The second-order valence-corrected chi connectivity index (χ2v) is 5.31. The van der Waals surface area contributed by atoms with Crippen molar-refractivity contribution in [2.24, 2.45) is 11.3 Å². The quantitative estimate of drug-likeness (QED) is 0.636. The van der Waals surface area contributed by atoms with Gasteiger partial charge < -0.3 is 4.74 Å². The fourth-order valence-electron chi connectivity index (χ4n) is 1.30. The van der Waals surface area contributed by atoms with E-state index >= 15 is 0 Å². The third-order valence-corrected chi connectivity index (χ3v) is 1.98. The normalized spacial score (nSPS) is 13.8. The third kappa shape index (κ3) is 8.09. The predicted octanol–water partition coefficient (Wildman–Crippen LogP) is 3.40. The van der Waals surface area contributed by atoms with Gasteiger partial charge in [-0.1, -0.05) is 41.0 Å². The second kappa shape index (κ2) is 6.05. The Balaban J connectivity index is 3.64. The number of esters is 1. The highest BCUT2D eigenvalue weighted by molar-refractivity contribution is 5.70. The third-order valence-electron chi connectivity index (χ3n) is 1.98. The fourth-order valence-corrected chi connectivity index (χ4v) is 1.30. The molecule has 0 N–H and O–H groups in total. The molecular formula is C12H24O2. The summed E-state index contributed by atoms with van der Waals surface area (Å²) in [4.78, 5) is 11.3. The molecule has 0 saturated heterocycles. The Morgan fingerprint density at radius 1 is 1.36 bits per heavy atom. The molecule has 0 fully saturated rings. The molecule has 84 valence electrons. The SMILES string of the molecule is CCCC(C)COC(=O)CC(C)(C)C. The monoisotopic (exact) mass is 200 g/mol. The van der Waals surface area contributed by atoms with Crippen LogP contribution in [0, 0.1) is 11.3 Å². The average Bonchev–Trinajstić information content (AvgIpc) is 1.98. The number of hydrogen-bond donors (Lipinski definition) is 0. The zero-order chi connectivity index (χ0) is 11.2. The Morgan fingerprint density at radius 3 is 2.36 bits per heavy atom. The molecule has 0 aromatic heterocycles. The van der Waals surface area contributed by atoms with Crippen LogP contribution >= 0.6 is 0 Å². The molecule has 0 bridgehead atoms. The lowest BCUT2D eigenvalue weighted by Crippen LogP contribution is -2.18. The van der Waals surface area contributed by atoms with Crippen LogP contribution in [-0.2, 0) is 9.53 Å². The molecule has 2 nitrogen and oxygen atoms in total. The van der Waals surface area contributed by atoms with E-state index in [4.69, 9.17) is 4.74 Å². The van der Waals surface area contributed by atoms with Crippen LogP contribution in [0.4, 0.5) is 0 Å². The Bertz CT molecular complexity index is 168. The summed E-state index contributed by atoms with van der Waals surface area (Å²) in [6.45, 7) is 11.0. The van der Waals surface area contributed by atoms with Crippen molar-refractivity contribution < 1.29 is 9.53 Å². The van der Waals surface area contributed by atoms with Crippen molar-refractivity contribution in [3.63, 3.8) is 0 Å².